The number of anilines is 1. The molecule has 0 saturated carbocycles. The summed E-state index contributed by atoms with van der Waals surface area (Å²) in [6, 6.07) is 18.1. The second kappa shape index (κ2) is 10.4. The number of unbranched alkanes of at least 4 members (excludes halogenated alkanes) is 1. The average Bonchev–Trinajstić information content (AvgIpc) is 3.42. The highest BCUT2D eigenvalue weighted by molar-refractivity contribution is 7.99. The fraction of sp³-hybridized carbons (Fsp3) is 0.292. The van der Waals surface area contributed by atoms with Crippen LogP contribution in [0, 0.1) is 13.8 Å². The minimum absolute atomic E-state index is 0.136. The molecule has 0 fully saturated rings. The SMILES string of the molecule is CCCCc1ccc(-n2nnnc2SCC(=O)Nc2c(C)nn(-c3ccccc3)c2C)cc1. The lowest BCUT2D eigenvalue weighted by molar-refractivity contribution is -0.113. The lowest BCUT2D eigenvalue weighted by atomic mass is 10.1. The molecule has 2 aromatic heterocycles. The number of benzene rings is 2. The average molecular weight is 462 g/mol. The second-order valence-corrected chi connectivity index (χ2v) is 8.72. The maximum absolute atomic E-state index is 12.7. The van der Waals surface area contributed by atoms with Gasteiger partial charge >= 0.3 is 0 Å². The molecule has 4 rings (SSSR count). The molecule has 33 heavy (non-hydrogen) atoms. The number of carbonyl (C=O) groups excluding carboxylic acids is 1. The summed E-state index contributed by atoms with van der Waals surface area (Å²) in [5, 5.41) is 20.1. The van der Waals surface area contributed by atoms with Gasteiger partial charge in [-0.2, -0.15) is 9.78 Å². The van der Waals surface area contributed by atoms with E-state index >= 15 is 0 Å². The summed E-state index contributed by atoms with van der Waals surface area (Å²) in [5.41, 5.74) is 5.50. The number of thioether (sulfide) groups is 1. The highest BCUT2D eigenvalue weighted by Gasteiger charge is 2.17. The number of amides is 1. The molecule has 0 bridgehead atoms. The summed E-state index contributed by atoms with van der Waals surface area (Å²) in [6.07, 6.45) is 3.40. The Kier molecular flexibility index (Phi) is 7.19. The fourth-order valence-electron chi connectivity index (χ4n) is 3.57. The Morgan fingerprint density at radius 3 is 2.45 bits per heavy atom. The number of nitrogens with one attached hydrogen (secondary N) is 1. The zero-order chi connectivity index (χ0) is 23.2. The van der Waals surface area contributed by atoms with Crippen molar-refractivity contribution < 1.29 is 4.79 Å². The zero-order valence-corrected chi connectivity index (χ0v) is 19.8. The van der Waals surface area contributed by atoms with Crippen molar-refractivity contribution in [2.45, 2.75) is 45.2 Å². The van der Waals surface area contributed by atoms with E-state index in [1.54, 1.807) is 4.68 Å². The van der Waals surface area contributed by atoms with Crippen LogP contribution in [-0.2, 0) is 11.2 Å². The van der Waals surface area contributed by atoms with Crippen LogP contribution in [0.1, 0.15) is 36.7 Å². The van der Waals surface area contributed by atoms with Gasteiger partial charge in [0.15, 0.2) is 0 Å². The molecule has 9 heteroatoms. The number of rotatable bonds is 9. The molecule has 170 valence electrons. The molecule has 0 saturated heterocycles. The smallest absolute Gasteiger partial charge is 0.234 e. The van der Waals surface area contributed by atoms with Gasteiger partial charge in [0.1, 0.15) is 0 Å². The quantitative estimate of drug-likeness (QED) is 0.368. The van der Waals surface area contributed by atoms with Gasteiger partial charge in [0, 0.05) is 0 Å². The molecule has 0 aliphatic rings. The Morgan fingerprint density at radius 1 is 1.00 bits per heavy atom. The predicted octanol–water partition coefficient (Wildman–Crippen LogP) is 4.54. The molecule has 1 N–H and O–H groups in total. The lowest BCUT2D eigenvalue weighted by Crippen LogP contribution is -2.15. The number of nitrogens with zero attached hydrogens (tertiary/aromatic N) is 6. The van der Waals surface area contributed by atoms with Crippen molar-refractivity contribution in [3.63, 3.8) is 0 Å². The van der Waals surface area contributed by atoms with E-state index in [1.807, 2.05) is 61.0 Å². The lowest BCUT2D eigenvalue weighted by Gasteiger charge is -2.08. The molecule has 2 aromatic carbocycles. The van der Waals surface area contributed by atoms with Crippen LogP contribution in [0.25, 0.3) is 11.4 Å². The Hall–Kier alpha value is -3.46. The Morgan fingerprint density at radius 2 is 1.73 bits per heavy atom. The Labute approximate surface area is 197 Å². The molecular weight excluding hydrogens is 434 g/mol. The first-order valence-electron chi connectivity index (χ1n) is 11.0. The highest BCUT2D eigenvalue weighted by atomic mass is 32.2. The molecule has 2 heterocycles. The van der Waals surface area contributed by atoms with Crippen LogP contribution in [0.2, 0.25) is 0 Å². The largest absolute Gasteiger partial charge is 0.322 e. The molecule has 1 amide bonds. The fourth-order valence-corrected chi connectivity index (χ4v) is 4.26. The van der Waals surface area contributed by atoms with Crippen molar-refractivity contribution in [1.29, 1.82) is 0 Å². The van der Waals surface area contributed by atoms with E-state index in [0.717, 1.165) is 34.9 Å². The minimum Gasteiger partial charge on any atom is -0.322 e. The first-order valence-corrected chi connectivity index (χ1v) is 12.0. The van der Waals surface area contributed by atoms with Crippen molar-refractivity contribution in [3.8, 4) is 11.4 Å². The minimum atomic E-state index is -0.136. The van der Waals surface area contributed by atoms with E-state index < -0.39 is 0 Å². The van der Waals surface area contributed by atoms with Crippen LogP contribution in [-0.4, -0.2) is 41.6 Å². The molecule has 0 aliphatic carbocycles. The van der Waals surface area contributed by atoms with Crippen LogP contribution >= 0.6 is 11.8 Å². The molecule has 0 unspecified atom stereocenters. The first kappa shape index (κ1) is 22.7. The summed E-state index contributed by atoms with van der Waals surface area (Å²) in [5.74, 6) is 0.0490. The zero-order valence-electron chi connectivity index (χ0n) is 19.0. The van der Waals surface area contributed by atoms with Crippen molar-refractivity contribution in [1.82, 2.24) is 30.0 Å². The summed E-state index contributed by atoms with van der Waals surface area (Å²) in [7, 11) is 0. The normalized spacial score (nSPS) is 11.0. The molecule has 0 atom stereocenters. The topological polar surface area (TPSA) is 90.5 Å². The number of hydrogen-bond donors (Lipinski definition) is 1. The van der Waals surface area contributed by atoms with E-state index in [2.05, 4.69) is 45.0 Å². The van der Waals surface area contributed by atoms with Gasteiger partial charge < -0.3 is 5.32 Å². The van der Waals surface area contributed by atoms with Crippen molar-refractivity contribution >= 4 is 23.4 Å². The van der Waals surface area contributed by atoms with Gasteiger partial charge in [-0.15, -0.1) is 5.10 Å². The molecular formula is C24H27N7OS. The van der Waals surface area contributed by atoms with Crippen molar-refractivity contribution in [2.24, 2.45) is 0 Å². The predicted molar refractivity (Wildman–Crippen MR) is 130 cm³/mol. The number of carbonyl (C=O) groups is 1. The monoisotopic (exact) mass is 461 g/mol. The highest BCUT2D eigenvalue weighted by Crippen LogP contribution is 2.24. The number of hydrogen-bond acceptors (Lipinski definition) is 6. The number of para-hydroxylation sites is 1. The molecule has 0 aliphatic heterocycles. The van der Waals surface area contributed by atoms with E-state index in [4.69, 9.17) is 0 Å². The van der Waals surface area contributed by atoms with Gasteiger partial charge in [-0.3, -0.25) is 4.79 Å². The van der Waals surface area contributed by atoms with E-state index in [0.29, 0.717) is 5.16 Å². The summed E-state index contributed by atoms with van der Waals surface area (Å²) >= 11 is 1.30. The van der Waals surface area contributed by atoms with Gasteiger partial charge in [-0.1, -0.05) is 55.4 Å². The third-order valence-corrected chi connectivity index (χ3v) is 6.25. The standard InChI is InChI=1S/C24H27N7OS/c1-4-5-9-19-12-14-21(15-13-19)31-24(26-28-29-31)33-16-22(32)25-23-17(2)27-30(18(23)3)20-10-7-6-8-11-20/h6-8,10-15H,4-5,9,16H2,1-3H3,(H,25,32). The summed E-state index contributed by atoms with van der Waals surface area (Å²) < 4.78 is 3.49. The van der Waals surface area contributed by atoms with Gasteiger partial charge in [-0.25, -0.2) is 4.68 Å². The third-order valence-electron chi connectivity index (χ3n) is 5.33. The Balaban J connectivity index is 1.41. The van der Waals surface area contributed by atoms with Crippen LogP contribution in [0.5, 0.6) is 0 Å². The maximum Gasteiger partial charge on any atom is 0.234 e. The number of tetrazole rings is 1. The Bertz CT molecular complexity index is 1220. The molecule has 4 aromatic rings. The molecule has 8 nitrogen and oxygen atoms in total. The van der Waals surface area contributed by atoms with E-state index in [1.165, 1.54) is 30.2 Å². The van der Waals surface area contributed by atoms with Crippen LogP contribution in [0.15, 0.2) is 59.8 Å². The van der Waals surface area contributed by atoms with Gasteiger partial charge in [0.25, 0.3) is 0 Å². The van der Waals surface area contributed by atoms with E-state index in [9.17, 15) is 4.79 Å². The van der Waals surface area contributed by atoms with Crippen molar-refractivity contribution in [3.05, 3.63) is 71.5 Å². The van der Waals surface area contributed by atoms with Crippen LogP contribution in [0.4, 0.5) is 5.69 Å². The molecule has 0 radical (unpaired) electrons. The van der Waals surface area contributed by atoms with Crippen molar-refractivity contribution in [2.75, 3.05) is 11.1 Å². The maximum atomic E-state index is 12.7. The first-order chi connectivity index (χ1) is 16.1. The summed E-state index contributed by atoms with van der Waals surface area (Å²) in [6.45, 7) is 6.02. The number of aryl methyl sites for hydroxylation is 2. The van der Waals surface area contributed by atoms with E-state index in [-0.39, 0.29) is 11.7 Å². The van der Waals surface area contributed by atoms with Gasteiger partial charge in [0.05, 0.1) is 34.2 Å². The number of aromatic nitrogens is 6. The third kappa shape index (κ3) is 5.31. The van der Waals surface area contributed by atoms with Crippen LogP contribution in [0.3, 0.4) is 0 Å². The second-order valence-electron chi connectivity index (χ2n) is 7.77. The van der Waals surface area contributed by atoms with Gasteiger partial charge in [0.2, 0.25) is 11.1 Å². The van der Waals surface area contributed by atoms with Gasteiger partial charge in [-0.05, 0) is 66.9 Å². The summed E-state index contributed by atoms with van der Waals surface area (Å²) in [4.78, 5) is 12.7. The van der Waals surface area contributed by atoms with Crippen LogP contribution < -0.4 is 5.32 Å². The molecule has 0 spiro atoms.